The molecule has 0 spiro atoms. The predicted octanol–water partition coefficient (Wildman–Crippen LogP) is 0.532. The minimum absolute atomic E-state index is 0.0787. The lowest BCUT2D eigenvalue weighted by molar-refractivity contribution is -0.179. The summed E-state index contributed by atoms with van der Waals surface area (Å²) in [6.45, 7) is -1.09. The summed E-state index contributed by atoms with van der Waals surface area (Å²) in [5.74, 6) is 5.71. The van der Waals surface area contributed by atoms with E-state index in [4.69, 9.17) is 31.0 Å². The third-order valence-electron chi connectivity index (χ3n) is 4.64. The number of aromatic nitrogens is 3. The van der Waals surface area contributed by atoms with E-state index >= 15 is 0 Å². The van der Waals surface area contributed by atoms with Gasteiger partial charge in [0, 0.05) is 17.5 Å². The molecule has 0 radical (unpaired) electrons. The van der Waals surface area contributed by atoms with Crippen LogP contribution in [-0.2, 0) is 36.3 Å². The highest BCUT2D eigenvalue weighted by Crippen LogP contribution is 2.63. The van der Waals surface area contributed by atoms with Gasteiger partial charge in [0.05, 0.1) is 30.2 Å². The van der Waals surface area contributed by atoms with Crippen LogP contribution < -0.4 is 16.4 Å². The fraction of sp³-hybridized carbons (Fsp3) is 0.467. The van der Waals surface area contributed by atoms with Gasteiger partial charge in [-0.15, -0.1) is 0 Å². The second kappa shape index (κ2) is 12.4. The number of phosphoric acid groups is 2. The Hall–Kier alpha value is -2.51. The molecule has 37 heavy (non-hydrogen) atoms. The number of nitrogens with zero attached hydrogens (tertiary/aromatic N) is 6. The quantitative estimate of drug-likeness (QED) is 0.0926. The molecule has 0 aromatic carbocycles. The molecule has 200 valence electrons. The minimum atomic E-state index is -5.48. The van der Waals surface area contributed by atoms with Crippen molar-refractivity contribution >= 4 is 40.8 Å². The van der Waals surface area contributed by atoms with Crippen LogP contribution in [-0.4, -0.2) is 56.4 Å². The molecule has 3 unspecified atom stereocenters. The topological polar surface area (TPSA) is 292 Å². The normalized spacial score (nSPS) is 22.9. The van der Waals surface area contributed by atoms with Crippen LogP contribution in [0.1, 0.15) is 18.2 Å². The smallest absolute Gasteiger partial charge is 0.524 e. The summed E-state index contributed by atoms with van der Waals surface area (Å²) in [7, 11) is -14.7. The molecule has 3 rings (SSSR count). The van der Waals surface area contributed by atoms with E-state index in [1.54, 1.807) is 10.8 Å². The molecule has 1 saturated heterocycles. The fourth-order valence-corrected chi connectivity index (χ4v) is 5.97. The number of nitrogen functional groups attached to an aromatic ring is 1. The van der Waals surface area contributed by atoms with Gasteiger partial charge in [-0.3, -0.25) is 9.42 Å². The summed E-state index contributed by atoms with van der Waals surface area (Å²) in [6, 6.07) is 0. The first-order valence-electron chi connectivity index (χ1n) is 9.89. The Morgan fingerprint density at radius 3 is 2.84 bits per heavy atom. The van der Waals surface area contributed by atoms with E-state index in [1.807, 2.05) is 0 Å². The SMILES string of the molecule is [N-]=[N+]=NCO[C@@H]1C[C@H](n2cc(C#CCN)c3c(N)ncnc32)O[C@@H]1COP(=O)(O)OP(=O)(O)O[P+](=O)[O-]. The molecule has 0 amide bonds. The average molecular weight is 580 g/mol. The number of hydrogen-bond donors (Lipinski definition) is 4. The zero-order chi connectivity index (χ0) is 27.2. The minimum Gasteiger partial charge on any atom is -0.566 e. The van der Waals surface area contributed by atoms with Crippen LogP contribution in [0.3, 0.4) is 0 Å². The Bertz CT molecular complexity index is 1370. The molecular weight excluding hydrogens is 561 g/mol. The zero-order valence-corrected chi connectivity index (χ0v) is 21.1. The molecule has 1 fully saturated rings. The first-order valence-corrected chi connectivity index (χ1v) is 14.0. The zero-order valence-electron chi connectivity index (χ0n) is 18.5. The summed E-state index contributed by atoms with van der Waals surface area (Å²) < 4.78 is 59.2. The van der Waals surface area contributed by atoms with Gasteiger partial charge >= 0.3 is 23.9 Å². The van der Waals surface area contributed by atoms with E-state index in [2.05, 4.69) is 40.5 Å². The molecule has 2 aromatic rings. The van der Waals surface area contributed by atoms with Crippen molar-refractivity contribution < 1.29 is 51.0 Å². The number of fused-ring (bicyclic) bond motifs is 1. The lowest BCUT2D eigenvalue weighted by atomic mass is 10.2. The fourth-order valence-electron chi connectivity index (χ4n) is 3.34. The second-order valence-electron chi connectivity index (χ2n) is 6.96. The van der Waals surface area contributed by atoms with E-state index < -0.39 is 55.7 Å². The molecule has 3 heterocycles. The van der Waals surface area contributed by atoms with Crippen LogP contribution in [0.15, 0.2) is 17.6 Å². The van der Waals surface area contributed by atoms with Crippen LogP contribution in [0, 0.1) is 11.8 Å². The monoisotopic (exact) mass is 580 g/mol. The Balaban J connectivity index is 1.84. The lowest BCUT2D eigenvalue weighted by Gasteiger charge is -2.20. The number of ether oxygens (including phenoxy) is 2. The van der Waals surface area contributed by atoms with Crippen molar-refractivity contribution in [3.8, 4) is 11.8 Å². The third kappa shape index (κ3) is 7.74. The van der Waals surface area contributed by atoms with Crippen LogP contribution in [0.4, 0.5) is 5.82 Å². The maximum absolute atomic E-state index is 12.1. The summed E-state index contributed by atoms with van der Waals surface area (Å²) in [5.41, 5.74) is 20.8. The maximum atomic E-state index is 12.1. The first kappa shape index (κ1) is 29.1. The van der Waals surface area contributed by atoms with Gasteiger partial charge in [-0.25, -0.2) is 19.1 Å². The third-order valence-corrected chi connectivity index (χ3v) is 8.13. The summed E-state index contributed by atoms with van der Waals surface area (Å²) in [5, 5.41) is 3.70. The number of rotatable bonds is 11. The van der Waals surface area contributed by atoms with Crippen LogP contribution in [0.25, 0.3) is 21.5 Å². The molecular formula is C15H19N8O11P3. The van der Waals surface area contributed by atoms with Crippen LogP contribution >= 0.6 is 23.9 Å². The molecule has 22 heteroatoms. The molecule has 1 aliphatic rings. The molecule has 0 saturated carbocycles. The van der Waals surface area contributed by atoms with Crippen molar-refractivity contribution in [2.75, 3.05) is 25.6 Å². The number of azide groups is 1. The molecule has 1 aliphatic heterocycles. The Labute approximate surface area is 208 Å². The van der Waals surface area contributed by atoms with Crippen molar-refractivity contribution in [1.29, 1.82) is 0 Å². The molecule has 6 N–H and O–H groups in total. The van der Waals surface area contributed by atoms with Gasteiger partial charge in [-0.2, -0.15) is 4.31 Å². The van der Waals surface area contributed by atoms with Gasteiger partial charge in [0.2, 0.25) is 0 Å². The summed E-state index contributed by atoms with van der Waals surface area (Å²) >= 11 is 0. The van der Waals surface area contributed by atoms with E-state index in [1.165, 1.54) is 6.33 Å². The number of hydrogen-bond acceptors (Lipinski definition) is 14. The highest BCUT2D eigenvalue weighted by Gasteiger charge is 2.43. The number of nitrogens with two attached hydrogens (primary N) is 2. The van der Waals surface area contributed by atoms with E-state index in [0.29, 0.717) is 16.6 Å². The Morgan fingerprint density at radius 1 is 1.41 bits per heavy atom. The Kier molecular flexibility index (Phi) is 9.70. The Morgan fingerprint density at radius 2 is 2.16 bits per heavy atom. The number of anilines is 1. The largest absolute Gasteiger partial charge is 0.566 e. The molecule has 0 aliphatic carbocycles. The van der Waals surface area contributed by atoms with Gasteiger partial charge in [0.25, 0.3) is 0 Å². The van der Waals surface area contributed by atoms with Crippen molar-refractivity contribution in [3.05, 3.63) is 28.5 Å². The van der Waals surface area contributed by atoms with E-state index in [9.17, 15) is 28.4 Å². The first-order chi connectivity index (χ1) is 17.5. The van der Waals surface area contributed by atoms with E-state index in [-0.39, 0.29) is 18.8 Å². The molecule has 0 bridgehead atoms. The maximum Gasteiger partial charge on any atom is 0.524 e. The van der Waals surface area contributed by atoms with Crippen molar-refractivity contribution in [2.24, 2.45) is 10.8 Å². The lowest BCUT2D eigenvalue weighted by Crippen LogP contribution is -2.29. The van der Waals surface area contributed by atoms with Crippen molar-refractivity contribution in [1.82, 2.24) is 14.5 Å². The highest BCUT2D eigenvalue weighted by atomic mass is 31.3. The van der Waals surface area contributed by atoms with Gasteiger partial charge in [-0.05, 0) is 14.4 Å². The van der Waals surface area contributed by atoms with Crippen LogP contribution in [0.2, 0.25) is 0 Å². The standard InChI is InChI=1S/C15H19N8O11P3/c16-3-1-2-9-5-23(15-13(9)14(17)19-7-20-15)12-4-10(30-8-21-22-18)11(32-12)6-31-36(26,27)34-37(28,29)33-35(24)25/h5,7,10-12H,3-4,6,8,16H2,(H,26,27)(H,28,29)(H2,17,19,20)/t10-,11-,12-/m1/s1. The summed E-state index contributed by atoms with van der Waals surface area (Å²) in [6.07, 6.45) is 0.0589. The molecule has 6 atom stereocenters. The molecule has 19 nitrogen and oxygen atoms in total. The summed E-state index contributed by atoms with van der Waals surface area (Å²) in [4.78, 5) is 40.2. The van der Waals surface area contributed by atoms with Gasteiger partial charge in [-0.1, -0.05) is 17.0 Å². The van der Waals surface area contributed by atoms with Gasteiger partial charge in [0.1, 0.15) is 36.9 Å². The van der Waals surface area contributed by atoms with E-state index in [0.717, 1.165) is 0 Å². The number of phosphoric ester groups is 1. The second-order valence-corrected chi connectivity index (χ2v) is 10.8. The highest BCUT2D eigenvalue weighted by molar-refractivity contribution is 7.64. The van der Waals surface area contributed by atoms with Crippen molar-refractivity contribution in [3.63, 3.8) is 0 Å². The molecule has 2 aromatic heterocycles. The van der Waals surface area contributed by atoms with Crippen LogP contribution in [0.5, 0.6) is 0 Å². The average Bonchev–Trinajstić information content (AvgIpc) is 3.37. The van der Waals surface area contributed by atoms with Gasteiger partial charge in [0.15, 0.2) is 0 Å². The van der Waals surface area contributed by atoms with Crippen molar-refractivity contribution in [2.45, 2.75) is 24.9 Å². The van der Waals surface area contributed by atoms with Gasteiger partial charge < -0.3 is 35.3 Å². The predicted molar refractivity (Wildman–Crippen MR) is 121 cm³/mol.